The fourth-order valence-corrected chi connectivity index (χ4v) is 4.78. The Labute approximate surface area is 168 Å². The first-order valence-corrected chi connectivity index (χ1v) is 10.6. The number of benzene rings is 1. The highest BCUT2D eigenvalue weighted by Crippen LogP contribution is 2.31. The molecule has 0 unspecified atom stereocenters. The van der Waals surface area contributed by atoms with E-state index in [-0.39, 0.29) is 24.2 Å². The summed E-state index contributed by atoms with van der Waals surface area (Å²) in [5.74, 6) is 0.213. The standard InChI is InChI=1S/C22H24N2O3S/c1-14-6-8-16(9-7-14)18-12-28-21-20(18)22(26)24(13-23-21)11-19(25)27-17-5-3-4-15(2)10-17/h6-9,12-13,15,17H,3-5,10-11H2,1-2H3/t15-,17+/m0/s1. The summed E-state index contributed by atoms with van der Waals surface area (Å²) < 4.78 is 6.98. The lowest BCUT2D eigenvalue weighted by atomic mass is 9.89. The van der Waals surface area contributed by atoms with Crippen molar-refractivity contribution in [2.45, 2.75) is 52.2 Å². The van der Waals surface area contributed by atoms with Gasteiger partial charge in [0.2, 0.25) is 0 Å². The van der Waals surface area contributed by atoms with Crippen LogP contribution in [-0.2, 0) is 16.1 Å². The maximum atomic E-state index is 13.1. The van der Waals surface area contributed by atoms with Gasteiger partial charge in [-0.2, -0.15) is 0 Å². The molecule has 2 atom stereocenters. The lowest BCUT2D eigenvalue weighted by Crippen LogP contribution is -2.30. The molecule has 0 aliphatic heterocycles. The van der Waals surface area contributed by atoms with Crippen molar-refractivity contribution in [3.05, 3.63) is 51.9 Å². The van der Waals surface area contributed by atoms with Crippen LogP contribution < -0.4 is 5.56 Å². The molecule has 4 rings (SSSR count). The number of aryl methyl sites for hydroxylation is 1. The van der Waals surface area contributed by atoms with Gasteiger partial charge in [-0.25, -0.2) is 4.98 Å². The molecule has 28 heavy (non-hydrogen) atoms. The van der Waals surface area contributed by atoms with Crippen molar-refractivity contribution >= 4 is 27.5 Å². The highest BCUT2D eigenvalue weighted by molar-refractivity contribution is 7.17. The molecule has 1 saturated carbocycles. The van der Waals surface area contributed by atoms with Gasteiger partial charge in [0.05, 0.1) is 11.7 Å². The molecule has 0 N–H and O–H groups in total. The third kappa shape index (κ3) is 3.87. The SMILES string of the molecule is Cc1ccc(-c2csc3ncn(CC(=O)O[C@@H]4CCC[C@H](C)C4)c(=O)c23)cc1. The van der Waals surface area contributed by atoms with E-state index in [2.05, 4.69) is 11.9 Å². The van der Waals surface area contributed by atoms with Crippen LogP contribution in [0.15, 0.2) is 40.8 Å². The first-order valence-electron chi connectivity index (χ1n) is 9.74. The Morgan fingerprint density at radius 1 is 1.29 bits per heavy atom. The monoisotopic (exact) mass is 396 g/mol. The Hall–Kier alpha value is -2.47. The first-order chi connectivity index (χ1) is 13.5. The van der Waals surface area contributed by atoms with Crippen molar-refractivity contribution in [2.24, 2.45) is 5.92 Å². The molecule has 146 valence electrons. The van der Waals surface area contributed by atoms with Gasteiger partial charge < -0.3 is 4.74 Å². The number of hydrogen-bond donors (Lipinski definition) is 0. The van der Waals surface area contributed by atoms with Gasteiger partial charge in [-0.3, -0.25) is 14.2 Å². The van der Waals surface area contributed by atoms with Gasteiger partial charge in [0.25, 0.3) is 5.56 Å². The van der Waals surface area contributed by atoms with Crippen molar-refractivity contribution in [3.63, 3.8) is 0 Å². The number of hydrogen-bond acceptors (Lipinski definition) is 5. The van der Waals surface area contributed by atoms with Crippen LogP contribution in [0.1, 0.15) is 38.2 Å². The fourth-order valence-electron chi connectivity index (χ4n) is 3.87. The summed E-state index contributed by atoms with van der Waals surface area (Å²) in [6.07, 6.45) is 5.50. The van der Waals surface area contributed by atoms with Gasteiger partial charge >= 0.3 is 5.97 Å². The molecule has 0 radical (unpaired) electrons. The second kappa shape index (κ2) is 7.87. The minimum atomic E-state index is -0.366. The number of nitrogens with zero attached hydrogens (tertiary/aromatic N) is 2. The molecule has 0 amide bonds. The molecule has 1 aliphatic rings. The van der Waals surface area contributed by atoms with Crippen molar-refractivity contribution in [1.29, 1.82) is 0 Å². The van der Waals surface area contributed by atoms with Gasteiger partial charge in [-0.05, 0) is 37.7 Å². The summed E-state index contributed by atoms with van der Waals surface area (Å²) in [6.45, 7) is 4.12. The average Bonchev–Trinajstić information content (AvgIpc) is 3.09. The topological polar surface area (TPSA) is 61.2 Å². The van der Waals surface area contributed by atoms with Crippen LogP contribution in [0.3, 0.4) is 0 Å². The molecule has 2 heterocycles. The second-order valence-corrected chi connectivity index (χ2v) is 8.61. The van der Waals surface area contributed by atoms with E-state index in [9.17, 15) is 9.59 Å². The van der Waals surface area contributed by atoms with Gasteiger partial charge in [-0.1, -0.05) is 43.2 Å². The van der Waals surface area contributed by atoms with Crippen LogP contribution in [0.4, 0.5) is 0 Å². The number of carbonyl (C=O) groups is 1. The molecular weight excluding hydrogens is 372 g/mol. The normalized spacial score (nSPS) is 19.6. The summed E-state index contributed by atoms with van der Waals surface area (Å²) in [4.78, 5) is 30.5. The first kappa shape index (κ1) is 18.9. The molecule has 2 aromatic heterocycles. The van der Waals surface area contributed by atoms with Crippen molar-refractivity contribution < 1.29 is 9.53 Å². The van der Waals surface area contributed by atoms with E-state index in [1.807, 2.05) is 36.6 Å². The number of thiophene rings is 1. The molecule has 3 aromatic rings. The third-order valence-electron chi connectivity index (χ3n) is 5.41. The van der Waals surface area contributed by atoms with Gasteiger partial charge in [0, 0.05) is 10.9 Å². The van der Waals surface area contributed by atoms with Gasteiger partial charge in [-0.15, -0.1) is 11.3 Å². The van der Waals surface area contributed by atoms with E-state index in [4.69, 9.17) is 4.74 Å². The van der Waals surface area contributed by atoms with E-state index < -0.39 is 0 Å². The molecule has 0 spiro atoms. The summed E-state index contributed by atoms with van der Waals surface area (Å²) >= 11 is 1.44. The molecule has 1 fully saturated rings. The molecule has 1 aromatic carbocycles. The van der Waals surface area contributed by atoms with Crippen LogP contribution in [-0.4, -0.2) is 21.6 Å². The van der Waals surface area contributed by atoms with E-state index in [0.29, 0.717) is 16.1 Å². The largest absolute Gasteiger partial charge is 0.461 e. The van der Waals surface area contributed by atoms with Gasteiger partial charge in [0.15, 0.2) is 0 Å². The van der Waals surface area contributed by atoms with Crippen LogP contribution >= 0.6 is 11.3 Å². The van der Waals surface area contributed by atoms with Crippen LogP contribution in [0.2, 0.25) is 0 Å². The minimum Gasteiger partial charge on any atom is -0.461 e. The number of fused-ring (bicyclic) bond motifs is 1. The Balaban J connectivity index is 1.59. The average molecular weight is 397 g/mol. The molecule has 5 nitrogen and oxygen atoms in total. The van der Waals surface area contributed by atoms with E-state index in [1.165, 1.54) is 34.2 Å². The molecule has 1 aliphatic carbocycles. The maximum absolute atomic E-state index is 13.1. The summed E-state index contributed by atoms with van der Waals surface area (Å²) in [6, 6.07) is 8.06. The Morgan fingerprint density at radius 3 is 2.82 bits per heavy atom. The van der Waals surface area contributed by atoms with E-state index in [1.54, 1.807) is 0 Å². The van der Waals surface area contributed by atoms with E-state index in [0.717, 1.165) is 30.4 Å². The lowest BCUT2D eigenvalue weighted by Gasteiger charge is -2.26. The predicted molar refractivity (Wildman–Crippen MR) is 112 cm³/mol. The van der Waals surface area contributed by atoms with Crippen LogP contribution in [0.5, 0.6) is 0 Å². The number of aromatic nitrogens is 2. The number of carbonyl (C=O) groups excluding carboxylic acids is 1. The van der Waals surface area contributed by atoms with Crippen LogP contribution in [0.25, 0.3) is 21.3 Å². The quantitative estimate of drug-likeness (QED) is 0.607. The van der Waals surface area contributed by atoms with Crippen molar-refractivity contribution in [3.8, 4) is 11.1 Å². The highest BCUT2D eigenvalue weighted by Gasteiger charge is 2.23. The third-order valence-corrected chi connectivity index (χ3v) is 6.30. The summed E-state index contributed by atoms with van der Waals surface area (Å²) in [5, 5.41) is 2.52. The zero-order valence-corrected chi connectivity index (χ0v) is 17.0. The van der Waals surface area contributed by atoms with Crippen molar-refractivity contribution in [1.82, 2.24) is 9.55 Å². The highest BCUT2D eigenvalue weighted by atomic mass is 32.1. The molecular formula is C22H24N2O3S. The van der Waals surface area contributed by atoms with E-state index >= 15 is 0 Å². The zero-order valence-electron chi connectivity index (χ0n) is 16.2. The number of esters is 1. The summed E-state index contributed by atoms with van der Waals surface area (Å²) in [7, 11) is 0. The molecule has 0 bridgehead atoms. The number of rotatable bonds is 4. The molecule has 0 saturated heterocycles. The fraction of sp³-hybridized carbons (Fsp3) is 0.409. The Morgan fingerprint density at radius 2 is 2.07 bits per heavy atom. The lowest BCUT2D eigenvalue weighted by molar-refractivity contribution is -0.152. The van der Waals surface area contributed by atoms with Crippen LogP contribution in [0, 0.1) is 12.8 Å². The second-order valence-electron chi connectivity index (χ2n) is 7.76. The maximum Gasteiger partial charge on any atom is 0.326 e. The predicted octanol–water partition coefficient (Wildman–Crippen LogP) is 4.56. The summed E-state index contributed by atoms with van der Waals surface area (Å²) in [5.41, 5.74) is 2.81. The Kier molecular flexibility index (Phi) is 5.31. The zero-order chi connectivity index (χ0) is 19.7. The van der Waals surface area contributed by atoms with Gasteiger partial charge in [0.1, 0.15) is 17.5 Å². The minimum absolute atomic E-state index is 0.0343. The molecule has 6 heteroatoms. The smallest absolute Gasteiger partial charge is 0.326 e. The number of ether oxygens (including phenoxy) is 1. The Bertz CT molecular complexity index is 1050. The van der Waals surface area contributed by atoms with Crippen molar-refractivity contribution in [2.75, 3.05) is 0 Å².